The van der Waals surface area contributed by atoms with E-state index in [9.17, 15) is 0 Å². The summed E-state index contributed by atoms with van der Waals surface area (Å²) in [5, 5.41) is 7.39. The van der Waals surface area contributed by atoms with Gasteiger partial charge in [0.05, 0.1) is 13.3 Å². The molecule has 4 N–H and O–H groups in total. The number of hydrogen-bond donors (Lipinski definition) is 2. The van der Waals surface area contributed by atoms with Crippen LogP contribution < -0.4 is 20.9 Å². The molecule has 2 rings (SSSR count). The van der Waals surface area contributed by atoms with Gasteiger partial charge in [0.15, 0.2) is 11.5 Å². The van der Waals surface area contributed by atoms with Crippen LogP contribution >= 0.6 is 15.9 Å². The molecule has 0 unspecified atom stereocenters. The van der Waals surface area contributed by atoms with Crippen LogP contribution in [0.1, 0.15) is 33.4 Å². The maximum atomic E-state index is 6.07. The summed E-state index contributed by atoms with van der Waals surface area (Å²) >= 11 is 3.67. The zero-order valence-electron chi connectivity index (χ0n) is 16.3. The molecule has 6 nitrogen and oxygen atoms in total. The lowest BCUT2D eigenvalue weighted by Gasteiger charge is -2.19. The fraction of sp³-hybridized carbons (Fsp3) is 0.300. The van der Waals surface area contributed by atoms with E-state index < -0.39 is 0 Å². The van der Waals surface area contributed by atoms with Gasteiger partial charge in [-0.15, -0.1) is 5.10 Å². The molecule has 0 atom stereocenters. The molecule has 0 fully saturated rings. The highest BCUT2D eigenvalue weighted by Gasteiger charge is 2.14. The number of nitrogens with zero attached hydrogens (tertiary/aromatic N) is 2. The largest absolute Gasteiger partial charge is 0.493 e. The Morgan fingerprint density at radius 2 is 1.67 bits per heavy atom. The number of guanidine groups is 1. The lowest BCUT2D eigenvalue weighted by atomic mass is 9.95. The topological polar surface area (TPSA) is 95.2 Å². The molecule has 27 heavy (non-hydrogen) atoms. The molecule has 0 amide bonds. The molecule has 0 aliphatic carbocycles. The van der Waals surface area contributed by atoms with Gasteiger partial charge in [-0.05, 0) is 79.3 Å². The van der Waals surface area contributed by atoms with E-state index in [0.29, 0.717) is 18.1 Å². The minimum Gasteiger partial charge on any atom is -0.493 e. The van der Waals surface area contributed by atoms with Crippen LogP contribution in [0.2, 0.25) is 0 Å². The summed E-state index contributed by atoms with van der Waals surface area (Å²) in [6, 6.07) is 5.53. The van der Waals surface area contributed by atoms with Crippen molar-refractivity contribution in [1.82, 2.24) is 0 Å². The number of methoxy groups -OCH3 is 1. The van der Waals surface area contributed by atoms with Crippen LogP contribution in [-0.2, 0) is 6.61 Å². The van der Waals surface area contributed by atoms with Crippen LogP contribution in [-0.4, -0.2) is 19.3 Å². The van der Waals surface area contributed by atoms with E-state index in [1.54, 1.807) is 13.3 Å². The van der Waals surface area contributed by atoms with E-state index in [1.165, 1.54) is 27.8 Å². The van der Waals surface area contributed by atoms with E-state index in [1.807, 2.05) is 18.2 Å². The first-order valence-corrected chi connectivity index (χ1v) is 9.23. The molecule has 0 saturated heterocycles. The number of nitrogens with two attached hydrogens (primary N) is 2. The molecule has 144 valence electrons. The normalized spacial score (nSPS) is 10.9. The second-order valence-electron chi connectivity index (χ2n) is 6.26. The van der Waals surface area contributed by atoms with E-state index in [4.69, 9.17) is 20.9 Å². The molecular weight excluding hydrogens is 408 g/mol. The second kappa shape index (κ2) is 8.90. The molecule has 2 aromatic carbocycles. The predicted octanol–water partition coefficient (Wildman–Crippen LogP) is 3.88. The van der Waals surface area contributed by atoms with Crippen LogP contribution in [0.4, 0.5) is 0 Å². The highest BCUT2D eigenvalue weighted by atomic mass is 79.9. The van der Waals surface area contributed by atoms with Gasteiger partial charge in [0, 0.05) is 4.47 Å². The van der Waals surface area contributed by atoms with Crippen molar-refractivity contribution in [3.05, 3.63) is 56.1 Å². The first kappa shape index (κ1) is 20.8. The Kier molecular flexibility index (Phi) is 6.85. The van der Waals surface area contributed by atoms with Crippen molar-refractivity contribution < 1.29 is 9.47 Å². The van der Waals surface area contributed by atoms with Crippen molar-refractivity contribution >= 4 is 28.1 Å². The molecule has 0 saturated carbocycles. The van der Waals surface area contributed by atoms with E-state index in [-0.39, 0.29) is 5.96 Å². The maximum Gasteiger partial charge on any atom is 0.211 e. The fourth-order valence-corrected chi connectivity index (χ4v) is 3.35. The lowest BCUT2D eigenvalue weighted by molar-refractivity contribution is 0.283. The molecule has 0 heterocycles. The van der Waals surface area contributed by atoms with Gasteiger partial charge in [-0.25, -0.2) is 0 Å². The zero-order valence-corrected chi connectivity index (χ0v) is 17.8. The maximum absolute atomic E-state index is 6.07. The van der Waals surface area contributed by atoms with Crippen molar-refractivity contribution in [3.63, 3.8) is 0 Å². The average Bonchev–Trinajstić information content (AvgIpc) is 2.65. The molecule has 0 bridgehead atoms. The van der Waals surface area contributed by atoms with Crippen molar-refractivity contribution in [2.75, 3.05) is 7.11 Å². The molecule has 7 heteroatoms. The third-order valence-corrected chi connectivity index (χ3v) is 5.82. The van der Waals surface area contributed by atoms with E-state index in [2.05, 4.69) is 53.8 Å². The van der Waals surface area contributed by atoms with Crippen LogP contribution in [0.25, 0.3) is 0 Å². The summed E-state index contributed by atoms with van der Waals surface area (Å²) in [5.41, 5.74) is 17.4. The second-order valence-corrected chi connectivity index (χ2v) is 7.05. The summed E-state index contributed by atoms with van der Waals surface area (Å²) in [6.07, 6.45) is 1.54. The van der Waals surface area contributed by atoms with Gasteiger partial charge in [0.25, 0.3) is 0 Å². The smallest absolute Gasteiger partial charge is 0.211 e. The molecule has 0 aliphatic heterocycles. The summed E-state index contributed by atoms with van der Waals surface area (Å²) in [5.74, 6) is 1.18. The average molecular weight is 433 g/mol. The number of halogens is 1. The summed E-state index contributed by atoms with van der Waals surface area (Å²) < 4.78 is 12.7. The van der Waals surface area contributed by atoms with Crippen LogP contribution in [0.15, 0.2) is 32.9 Å². The van der Waals surface area contributed by atoms with Gasteiger partial charge < -0.3 is 20.9 Å². The highest BCUT2D eigenvalue weighted by Crippen LogP contribution is 2.33. The van der Waals surface area contributed by atoms with Crippen molar-refractivity contribution in [3.8, 4) is 11.5 Å². The summed E-state index contributed by atoms with van der Waals surface area (Å²) in [7, 11) is 1.60. The highest BCUT2D eigenvalue weighted by molar-refractivity contribution is 9.10. The monoisotopic (exact) mass is 432 g/mol. The van der Waals surface area contributed by atoms with Gasteiger partial charge >= 0.3 is 0 Å². The van der Waals surface area contributed by atoms with Crippen LogP contribution in [0.5, 0.6) is 11.5 Å². The van der Waals surface area contributed by atoms with Gasteiger partial charge in [-0.1, -0.05) is 15.9 Å². The van der Waals surface area contributed by atoms with Crippen molar-refractivity contribution in [2.24, 2.45) is 21.7 Å². The molecule has 0 aromatic heterocycles. The Morgan fingerprint density at radius 1 is 1.04 bits per heavy atom. The first-order valence-electron chi connectivity index (χ1n) is 8.43. The number of ether oxygens (including phenoxy) is 2. The molecule has 2 aromatic rings. The minimum absolute atomic E-state index is 0.0935. The SMILES string of the molecule is COc1cc(C=NN=C(N)N)ccc1OCc1c(C)c(C)c(Br)c(C)c1C. The van der Waals surface area contributed by atoms with Gasteiger partial charge in [0.2, 0.25) is 5.96 Å². The molecule has 0 spiro atoms. The summed E-state index contributed by atoms with van der Waals surface area (Å²) in [4.78, 5) is 0. The molecular formula is C20H25BrN4O2. The number of rotatable bonds is 6. The van der Waals surface area contributed by atoms with Gasteiger partial charge in [-0.3, -0.25) is 0 Å². The van der Waals surface area contributed by atoms with Crippen LogP contribution in [0.3, 0.4) is 0 Å². The molecule has 0 radical (unpaired) electrons. The Labute approximate surface area is 168 Å². The summed E-state index contributed by atoms with van der Waals surface area (Å²) in [6.45, 7) is 8.92. The third kappa shape index (κ3) is 4.80. The standard InChI is InChI=1S/C20H25BrN4O2/c1-11-13(3)19(21)14(4)12(2)16(11)10-27-17-7-6-15(8-18(17)26-5)9-24-25-20(22)23/h6-9H,10H2,1-5H3,(H4,22,23,25). The third-order valence-electron chi connectivity index (χ3n) is 4.63. The zero-order chi connectivity index (χ0) is 20.1. The minimum atomic E-state index is -0.0935. The Balaban J connectivity index is 2.26. The van der Waals surface area contributed by atoms with E-state index in [0.717, 1.165) is 10.0 Å². The van der Waals surface area contributed by atoms with E-state index >= 15 is 0 Å². The van der Waals surface area contributed by atoms with Gasteiger partial charge in [0.1, 0.15) is 6.61 Å². The Hall–Kier alpha value is -2.54. The predicted molar refractivity (Wildman–Crippen MR) is 114 cm³/mol. The van der Waals surface area contributed by atoms with Gasteiger partial charge in [-0.2, -0.15) is 5.10 Å². The Bertz CT molecular complexity index is 874. The quantitative estimate of drug-likeness (QED) is 0.411. The van der Waals surface area contributed by atoms with Crippen molar-refractivity contribution in [2.45, 2.75) is 34.3 Å². The van der Waals surface area contributed by atoms with Crippen molar-refractivity contribution in [1.29, 1.82) is 0 Å². The fourth-order valence-electron chi connectivity index (χ4n) is 2.76. The first-order chi connectivity index (χ1) is 12.8. The van der Waals surface area contributed by atoms with Crippen LogP contribution in [0, 0.1) is 27.7 Å². The number of hydrogen-bond acceptors (Lipinski definition) is 4. The number of benzene rings is 2. The lowest BCUT2D eigenvalue weighted by Crippen LogP contribution is -2.21. The molecule has 0 aliphatic rings. The Morgan fingerprint density at radius 3 is 2.22 bits per heavy atom.